The third-order valence-electron chi connectivity index (χ3n) is 3.34. The van der Waals surface area contributed by atoms with Gasteiger partial charge in [-0.25, -0.2) is 4.79 Å². The number of carboxylic acids is 1. The molecule has 3 heteroatoms. The van der Waals surface area contributed by atoms with E-state index in [0.29, 0.717) is 11.5 Å². The first kappa shape index (κ1) is 11.2. The second-order valence-corrected chi connectivity index (χ2v) is 5.05. The number of rotatable bonds is 3. The molecule has 0 radical (unpaired) electrons. The first-order chi connectivity index (χ1) is 7.52. The van der Waals surface area contributed by atoms with E-state index in [9.17, 15) is 9.90 Å². The van der Waals surface area contributed by atoms with Crippen molar-refractivity contribution in [3.63, 3.8) is 0 Å². The molecule has 1 aromatic heterocycles. The summed E-state index contributed by atoms with van der Waals surface area (Å²) in [6.45, 7) is 7.20. The molecule has 16 heavy (non-hydrogen) atoms. The smallest absolute Gasteiger partial charge is 0.337 e. The minimum atomic E-state index is -0.766. The summed E-state index contributed by atoms with van der Waals surface area (Å²) in [5.41, 5.74) is 3.85. The molecule has 0 saturated heterocycles. The molecule has 0 aliphatic heterocycles. The van der Waals surface area contributed by atoms with Gasteiger partial charge in [-0.3, -0.25) is 0 Å². The summed E-state index contributed by atoms with van der Waals surface area (Å²) in [6.07, 6.45) is 3.07. The molecule has 0 amide bonds. The summed E-state index contributed by atoms with van der Waals surface area (Å²) >= 11 is 0. The lowest BCUT2D eigenvalue weighted by Gasteiger charge is -2.13. The molecule has 0 bridgehead atoms. The van der Waals surface area contributed by atoms with Crippen LogP contribution in [0, 0.1) is 12.8 Å². The molecular weight excluding hydrogens is 202 g/mol. The number of hydrogen-bond acceptors (Lipinski definition) is 1. The first-order valence-corrected chi connectivity index (χ1v) is 5.96. The quantitative estimate of drug-likeness (QED) is 0.852. The van der Waals surface area contributed by atoms with Crippen LogP contribution >= 0.6 is 0 Å². The molecule has 1 aromatic rings. The van der Waals surface area contributed by atoms with Gasteiger partial charge in [0, 0.05) is 17.9 Å². The van der Waals surface area contributed by atoms with Crippen molar-refractivity contribution in [2.75, 3.05) is 0 Å². The van der Waals surface area contributed by atoms with Crippen LogP contribution in [0.3, 0.4) is 0 Å². The lowest BCUT2D eigenvalue weighted by molar-refractivity contribution is 0.0695. The van der Waals surface area contributed by atoms with Gasteiger partial charge in [-0.15, -0.1) is 0 Å². The summed E-state index contributed by atoms with van der Waals surface area (Å²) in [6, 6.07) is 0. The van der Waals surface area contributed by atoms with Crippen LogP contribution in [0.15, 0.2) is 0 Å². The molecule has 88 valence electrons. The van der Waals surface area contributed by atoms with E-state index in [2.05, 4.69) is 18.4 Å². The van der Waals surface area contributed by atoms with Crippen molar-refractivity contribution in [3.8, 4) is 0 Å². The summed E-state index contributed by atoms with van der Waals surface area (Å²) in [4.78, 5) is 11.3. The molecule has 0 atom stereocenters. The number of hydrogen-bond donors (Lipinski definition) is 1. The van der Waals surface area contributed by atoms with E-state index < -0.39 is 5.97 Å². The average molecular weight is 221 g/mol. The Hall–Kier alpha value is -1.25. The Labute approximate surface area is 96.1 Å². The highest BCUT2D eigenvalue weighted by atomic mass is 16.4. The molecule has 0 aromatic carbocycles. The molecule has 2 rings (SSSR count). The largest absolute Gasteiger partial charge is 0.478 e. The van der Waals surface area contributed by atoms with E-state index in [4.69, 9.17) is 0 Å². The molecule has 1 aliphatic rings. The maximum absolute atomic E-state index is 11.3. The fourth-order valence-electron chi connectivity index (χ4n) is 2.75. The minimum Gasteiger partial charge on any atom is -0.478 e. The van der Waals surface area contributed by atoms with Crippen molar-refractivity contribution in [3.05, 3.63) is 22.5 Å². The zero-order valence-corrected chi connectivity index (χ0v) is 10.2. The van der Waals surface area contributed by atoms with Crippen molar-refractivity contribution < 1.29 is 9.90 Å². The number of nitrogens with zero attached hydrogens (tertiary/aromatic N) is 1. The second kappa shape index (κ2) is 3.96. The molecule has 1 N–H and O–H groups in total. The Morgan fingerprint density at radius 1 is 1.44 bits per heavy atom. The lowest BCUT2D eigenvalue weighted by atomic mass is 10.1. The highest BCUT2D eigenvalue weighted by Gasteiger charge is 2.27. The predicted molar refractivity (Wildman–Crippen MR) is 63.0 cm³/mol. The van der Waals surface area contributed by atoms with Gasteiger partial charge in [-0.05, 0) is 37.7 Å². The average Bonchev–Trinajstić information content (AvgIpc) is 2.69. The first-order valence-electron chi connectivity index (χ1n) is 5.96. The molecule has 0 spiro atoms. The Balaban J connectivity index is 2.53. The summed E-state index contributed by atoms with van der Waals surface area (Å²) in [5.74, 6) is -0.212. The highest BCUT2D eigenvalue weighted by molar-refractivity contribution is 5.91. The van der Waals surface area contributed by atoms with E-state index in [0.717, 1.165) is 37.1 Å². The van der Waals surface area contributed by atoms with E-state index in [-0.39, 0.29) is 0 Å². The Morgan fingerprint density at radius 3 is 2.69 bits per heavy atom. The van der Waals surface area contributed by atoms with Crippen molar-refractivity contribution in [1.29, 1.82) is 0 Å². The van der Waals surface area contributed by atoms with Gasteiger partial charge in [0.05, 0.1) is 5.56 Å². The van der Waals surface area contributed by atoms with Crippen LogP contribution in [-0.2, 0) is 19.4 Å². The summed E-state index contributed by atoms with van der Waals surface area (Å²) in [7, 11) is 0. The monoisotopic (exact) mass is 221 g/mol. The fourth-order valence-corrected chi connectivity index (χ4v) is 2.75. The van der Waals surface area contributed by atoms with E-state index in [1.807, 2.05) is 6.92 Å². The SMILES string of the molecule is Cc1c(C(=O)O)c2c(n1CC(C)C)CCC2. The Bertz CT molecular complexity index is 430. The lowest BCUT2D eigenvalue weighted by Crippen LogP contribution is -2.10. The maximum Gasteiger partial charge on any atom is 0.337 e. The predicted octanol–water partition coefficient (Wildman–Crippen LogP) is 2.64. The van der Waals surface area contributed by atoms with Gasteiger partial charge in [0.15, 0.2) is 0 Å². The third-order valence-corrected chi connectivity index (χ3v) is 3.34. The maximum atomic E-state index is 11.3. The third kappa shape index (κ3) is 1.64. The van der Waals surface area contributed by atoms with Crippen LogP contribution < -0.4 is 0 Å². The van der Waals surface area contributed by atoms with Crippen LogP contribution in [0.25, 0.3) is 0 Å². The van der Waals surface area contributed by atoms with Gasteiger partial charge < -0.3 is 9.67 Å². The summed E-state index contributed by atoms with van der Waals surface area (Å²) in [5, 5.41) is 9.26. The van der Waals surface area contributed by atoms with E-state index >= 15 is 0 Å². The van der Waals surface area contributed by atoms with Gasteiger partial charge in [-0.1, -0.05) is 13.8 Å². The standard InChI is InChI=1S/C13H19NO2/c1-8(2)7-14-9(3)12(13(15)16)10-5-4-6-11(10)14/h8H,4-7H2,1-3H3,(H,15,16). The second-order valence-electron chi connectivity index (χ2n) is 5.05. The van der Waals surface area contributed by atoms with Crippen LogP contribution in [0.5, 0.6) is 0 Å². The van der Waals surface area contributed by atoms with Gasteiger partial charge in [0.2, 0.25) is 0 Å². The number of carbonyl (C=O) groups is 1. The van der Waals surface area contributed by atoms with Gasteiger partial charge in [0.25, 0.3) is 0 Å². The van der Waals surface area contributed by atoms with E-state index in [1.54, 1.807) is 0 Å². The van der Waals surface area contributed by atoms with Gasteiger partial charge in [0.1, 0.15) is 0 Å². The van der Waals surface area contributed by atoms with Crippen molar-refractivity contribution in [2.24, 2.45) is 5.92 Å². The number of carboxylic acid groups (broad SMARTS) is 1. The van der Waals surface area contributed by atoms with Crippen LogP contribution in [0.2, 0.25) is 0 Å². The molecule has 1 heterocycles. The minimum absolute atomic E-state index is 0.553. The molecule has 0 saturated carbocycles. The highest BCUT2D eigenvalue weighted by Crippen LogP contribution is 2.31. The van der Waals surface area contributed by atoms with Crippen molar-refractivity contribution in [1.82, 2.24) is 4.57 Å². The summed E-state index contributed by atoms with van der Waals surface area (Å²) < 4.78 is 2.22. The zero-order valence-electron chi connectivity index (χ0n) is 10.2. The van der Waals surface area contributed by atoms with Crippen molar-refractivity contribution in [2.45, 2.75) is 46.6 Å². The molecule has 0 fully saturated rings. The number of aromatic nitrogens is 1. The van der Waals surface area contributed by atoms with E-state index in [1.165, 1.54) is 5.69 Å². The van der Waals surface area contributed by atoms with Crippen LogP contribution in [-0.4, -0.2) is 15.6 Å². The van der Waals surface area contributed by atoms with Gasteiger partial charge >= 0.3 is 5.97 Å². The molecule has 3 nitrogen and oxygen atoms in total. The van der Waals surface area contributed by atoms with Gasteiger partial charge in [-0.2, -0.15) is 0 Å². The van der Waals surface area contributed by atoms with Crippen LogP contribution in [0.4, 0.5) is 0 Å². The molecule has 0 unspecified atom stereocenters. The Kier molecular flexibility index (Phi) is 2.78. The normalized spacial score (nSPS) is 14.5. The van der Waals surface area contributed by atoms with Crippen LogP contribution in [0.1, 0.15) is 47.6 Å². The fraction of sp³-hybridized carbons (Fsp3) is 0.615. The molecule has 1 aliphatic carbocycles. The number of fused-ring (bicyclic) bond motifs is 1. The number of aromatic carboxylic acids is 1. The Morgan fingerprint density at radius 2 is 2.12 bits per heavy atom. The topological polar surface area (TPSA) is 42.2 Å². The zero-order chi connectivity index (χ0) is 11.9. The van der Waals surface area contributed by atoms with Crippen molar-refractivity contribution >= 4 is 5.97 Å². The molecular formula is C13H19NO2.